The zero-order chi connectivity index (χ0) is 21.0. The number of ether oxygens (including phenoxy) is 1. The standard InChI is InChI=1S/C24H39ClN2O2/c1-18-5-8-20(25)15-23(18)27-13-11-26(12-14-27)16-21(28)17-29-22-9-6-19(7-10-22)24(2,3)4/h5,8,15,19,21-22,28H,6-7,9-14,16-17H2,1-4H3/t19?,21-,22?/m0/s1. The van der Waals surface area contributed by atoms with Gasteiger partial charge in [-0.05, 0) is 61.6 Å². The second-order valence-electron chi connectivity index (χ2n) is 10.0. The lowest BCUT2D eigenvalue weighted by Crippen LogP contribution is -2.49. The molecule has 1 aromatic carbocycles. The van der Waals surface area contributed by atoms with E-state index >= 15 is 0 Å². The molecule has 1 N–H and O–H groups in total. The zero-order valence-electron chi connectivity index (χ0n) is 18.7. The third-order valence-electron chi connectivity index (χ3n) is 6.78. The number of aliphatic hydroxyl groups is 1. The van der Waals surface area contributed by atoms with Crippen molar-refractivity contribution < 1.29 is 9.84 Å². The molecule has 0 unspecified atom stereocenters. The summed E-state index contributed by atoms with van der Waals surface area (Å²) < 4.78 is 6.06. The number of anilines is 1. The summed E-state index contributed by atoms with van der Waals surface area (Å²) in [5, 5.41) is 11.3. The number of rotatable bonds is 6. The predicted molar refractivity (Wildman–Crippen MR) is 122 cm³/mol. The number of benzene rings is 1. The first kappa shape index (κ1) is 22.9. The van der Waals surface area contributed by atoms with E-state index in [0.717, 1.165) is 50.0 Å². The maximum atomic E-state index is 10.5. The number of hydrogen-bond acceptors (Lipinski definition) is 4. The fraction of sp³-hybridized carbons (Fsp3) is 0.750. The molecule has 0 radical (unpaired) electrons. The van der Waals surface area contributed by atoms with Gasteiger partial charge in [0.05, 0.1) is 18.8 Å². The average Bonchev–Trinajstić information content (AvgIpc) is 2.68. The normalized spacial score (nSPS) is 25.2. The van der Waals surface area contributed by atoms with Gasteiger partial charge in [-0.3, -0.25) is 4.90 Å². The van der Waals surface area contributed by atoms with Gasteiger partial charge in [0.1, 0.15) is 0 Å². The minimum atomic E-state index is -0.408. The molecule has 3 rings (SSSR count). The summed E-state index contributed by atoms with van der Waals surface area (Å²) in [5.41, 5.74) is 2.89. The van der Waals surface area contributed by atoms with Crippen molar-refractivity contribution in [2.24, 2.45) is 11.3 Å². The van der Waals surface area contributed by atoms with E-state index in [1.807, 2.05) is 6.07 Å². The molecule has 1 aromatic rings. The van der Waals surface area contributed by atoms with Crippen LogP contribution in [0.3, 0.4) is 0 Å². The van der Waals surface area contributed by atoms with Crippen molar-refractivity contribution in [3.05, 3.63) is 28.8 Å². The molecule has 0 spiro atoms. The number of halogens is 1. The number of hydrogen-bond donors (Lipinski definition) is 1. The van der Waals surface area contributed by atoms with Gasteiger partial charge in [-0.2, -0.15) is 0 Å². The summed E-state index contributed by atoms with van der Waals surface area (Å²) >= 11 is 6.18. The van der Waals surface area contributed by atoms with Gasteiger partial charge < -0.3 is 14.7 Å². The first-order chi connectivity index (χ1) is 13.7. The van der Waals surface area contributed by atoms with Crippen LogP contribution in [0, 0.1) is 18.3 Å². The van der Waals surface area contributed by atoms with Crippen molar-refractivity contribution in [3.63, 3.8) is 0 Å². The van der Waals surface area contributed by atoms with Crippen molar-refractivity contribution in [1.29, 1.82) is 0 Å². The highest BCUT2D eigenvalue weighted by Gasteiger charge is 2.30. The summed E-state index contributed by atoms with van der Waals surface area (Å²) in [5.74, 6) is 0.798. The molecule has 0 bridgehead atoms. The smallest absolute Gasteiger partial charge is 0.0900 e. The summed E-state index contributed by atoms with van der Waals surface area (Å²) in [7, 11) is 0. The molecular weight excluding hydrogens is 384 g/mol. The van der Waals surface area contributed by atoms with Crippen LogP contribution >= 0.6 is 11.6 Å². The van der Waals surface area contributed by atoms with E-state index in [-0.39, 0.29) is 0 Å². The van der Waals surface area contributed by atoms with E-state index in [1.165, 1.54) is 24.1 Å². The Morgan fingerprint density at radius 3 is 2.38 bits per heavy atom. The van der Waals surface area contributed by atoms with Gasteiger partial charge in [-0.15, -0.1) is 0 Å². The van der Waals surface area contributed by atoms with E-state index in [9.17, 15) is 5.11 Å². The summed E-state index contributed by atoms with van der Waals surface area (Å²) in [6, 6.07) is 6.09. The van der Waals surface area contributed by atoms with Gasteiger partial charge in [0.2, 0.25) is 0 Å². The Kier molecular flexibility index (Phi) is 7.88. The minimum Gasteiger partial charge on any atom is -0.389 e. The number of piperazine rings is 1. The third-order valence-corrected chi connectivity index (χ3v) is 7.01. The second-order valence-corrected chi connectivity index (χ2v) is 10.5. The first-order valence-electron chi connectivity index (χ1n) is 11.3. The van der Waals surface area contributed by atoms with Gasteiger partial charge in [-0.25, -0.2) is 0 Å². The molecule has 4 nitrogen and oxygen atoms in total. The minimum absolute atomic E-state index is 0.325. The largest absolute Gasteiger partial charge is 0.389 e. The van der Waals surface area contributed by atoms with Crippen LogP contribution in [0.2, 0.25) is 5.02 Å². The maximum absolute atomic E-state index is 10.5. The van der Waals surface area contributed by atoms with Crippen LogP contribution in [0.5, 0.6) is 0 Å². The molecule has 1 aliphatic heterocycles. The molecule has 2 aliphatic rings. The van der Waals surface area contributed by atoms with E-state index < -0.39 is 6.10 Å². The predicted octanol–water partition coefficient (Wildman–Crippen LogP) is 4.75. The van der Waals surface area contributed by atoms with E-state index in [4.69, 9.17) is 16.3 Å². The lowest BCUT2D eigenvalue weighted by atomic mass is 9.72. The number of β-amino-alcohol motifs (C(OH)–C–C–N with tert-alkyl or cyclic N) is 1. The van der Waals surface area contributed by atoms with E-state index in [0.29, 0.717) is 24.7 Å². The van der Waals surface area contributed by atoms with Gasteiger partial charge in [0, 0.05) is 43.4 Å². The van der Waals surface area contributed by atoms with Crippen molar-refractivity contribution in [2.75, 3.05) is 44.2 Å². The highest BCUT2D eigenvalue weighted by molar-refractivity contribution is 6.30. The Balaban J connectivity index is 1.36. The molecular formula is C24H39ClN2O2. The van der Waals surface area contributed by atoms with Crippen molar-refractivity contribution in [1.82, 2.24) is 4.90 Å². The summed E-state index contributed by atoms with van der Waals surface area (Å²) in [6.45, 7) is 14.2. The lowest BCUT2D eigenvalue weighted by Gasteiger charge is -2.38. The van der Waals surface area contributed by atoms with Crippen molar-refractivity contribution in [3.8, 4) is 0 Å². The van der Waals surface area contributed by atoms with Crippen molar-refractivity contribution in [2.45, 2.75) is 65.6 Å². The second kappa shape index (κ2) is 10.00. The highest BCUT2D eigenvalue weighted by Crippen LogP contribution is 2.38. The Morgan fingerprint density at radius 1 is 1.10 bits per heavy atom. The highest BCUT2D eigenvalue weighted by atomic mass is 35.5. The summed E-state index contributed by atoms with van der Waals surface area (Å²) in [6.07, 6.45) is 4.67. The average molecular weight is 423 g/mol. The number of aliphatic hydroxyl groups excluding tert-OH is 1. The van der Waals surface area contributed by atoms with Gasteiger partial charge in [0.15, 0.2) is 0 Å². The maximum Gasteiger partial charge on any atom is 0.0900 e. The SMILES string of the molecule is Cc1ccc(Cl)cc1N1CCN(C[C@H](O)COC2CCC(C(C)(C)C)CC2)CC1. The molecule has 29 heavy (non-hydrogen) atoms. The fourth-order valence-corrected chi connectivity index (χ4v) is 4.95. The molecule has 1 heterocycles. The van der Waals surface area contributed by atoms with Crippen LogP contribution in [0.4, 0.5) is 5.69 Å². The quantitative estimate of drug-likeness (QED) is 0.717. The lowest BCUT2D eigenvalue weighted by molar-refractivity contribution is -0.0446. The Hall–Kier alpha value is -0.810. The van der Waals surface area contributed by atoms with Crippen LogP contribution in [0.15, 0.2) is 18.2 Å². The van der Waals surface area contributed by atoms with Gasteiger partial charge in [-0.1, -0.05) is 38.4 Å². The third kappa shape index (κ3) is 6.58. The molecule has 164 valence electrons. The topological polar surface area (TPSA) is 35.9 Å². The monoisotopic (exact) mass is 422 g/mol. The summed E-state index contributed by atoms with van der Waals surface area (Å²) in [4.78, 5) is 4.75. The molecule has 0 amide bonds. The van der Waals surface area contributed by atoms with Crippen LogP contribution < -0.4 is 4.90 Å². The van der Waals surface area contributed by atoms with Gasteiger partial charge in [0.25, 0.3) is 0 Å². The molecule has 2 fully saturated rings. The first-order valence-corrected chi connectivity index (χ1v) is 11.6. The number of aryl methyl sites for hydroxylation is 1. The Morgan fingerprint density at radius 2 is 1.76 bits per heavy atom. The fourth-order valence-electron chi connectivity index (χ4n) is 4.79. The molecule has 5 heteroatoms. The molecule has 1 aliphatic carbocycles. The molecule has 1 atom stereocenters. The molecule has 1 saturated heterocycles. The van der Waals surface area contributed by atoms with Crippen LogP contribution in [0.25, 0.3) is 0 Å². The van der Waals surface area contributed by atoms with Crippen LogP contribution in [0.1, 0.15) is 52.0 Å². The number of nitrogens with zero attached hydrogens (tertiary/aromatic N) is 2. The van der Waals surface area contributed by atoms with E-state index in [1.54, 1.807) is 0 Å². The molecule has 0 aromatic heterocycles. The van der Waals surface area contributed by atoms with Crippen molar-refractivity contribution >= 4 is 17.3 Å². The van der Waals surface area contributed by atoms with E-state index in [2.05, 4.69) is 49.6 Å². The Bertz CT molecular complexity index is 645. The molecule has 1 saturated carbocycles. The zero-order valence-corrected chi connectivity index (χ0v) is 19.4. The Labute approximate surface area is 182 Å². The van der Waals surface area contributed by atoms with Crippen LogP contribution in [-0.4, -0.2) is 61.5 Å². The van der Waals surface area contributed by atoms with Gasteiger partial charge >= 0.3 is 0 Å². The van der Waals surface area contributed by atoms with Crippen LogP contribution in [-0.2, 0) is 4.74 Å².